The number of nitrogens with zero attached hydrogens (tertiary/aromatic N) is 3. The van der Waals surface area contributed by atoms with Gasteiger partial charge in [-0.3, -0.25) is 4.79 Å². The fourth-order valence-corrected chi connectivity index (χ4v) is 3.15. The summed E-state index contributed by atoms with van der Waals surface area (Å²) in [5.74, 6) is -0.434. The molecule has 1 saturated heterocycles. The van der Waals surface area contributed by atoms with Crippen LogP contribution in [-0.4, -0.2) is 46.4 Å². The van der Waals surface area contributed by atoms with Gasteiger partial charge in [0.1, 0.15) is 11.5 Å². The van der Waals surface area contributed by atoms with Gasteiger partial charge in [0.2, 0.25) is 0 Å². The zero-order valence-corrected chi connectivity index (χ0v) is 14.0. The van der Waals surface area contributed by atoms with Gasteiger partial charge in [-0.2, -0.15) is 5.10 Å². The molecule has 3 rings (SSSR count). The number of likely N-dealkylation sites (tertiary alicyclic amines) is 1. The molecule has 6 heteroatoms. The summed E-state index contributed by atoms with van der Waals surface area (Å²) in [4.78, 5) is 14.6. The van der Waals surface area contributed by atoms with Gasteiger partial charge >= 0.3 is 0 Å². The van der Waals surface area contributed by atoms with E-state index in [4.69, 9.17) is 4.74 Å². The number of piperidine rings is 1. The lowest BCUT2D eigenvalue weighted by Crippen LogP contribution is -2.43. The second kappa shape index (κ2) is 7.13. The minimum absolute atomic E-state index is 0.0699. The molecule has 0 aliphatic carbocycles. The van der Waals surface area contributed by atoms with Crippen LogP contribution < -0.4 is 0 Å². The van der Waals surface area contributed by atoms with Crippen molar-refractivity contribution in [3.8, 4) is 5.69 Å². The largest absolute Gasteiger partial charge is 0.377 e. The first kappa shape index (κ1) is 16.6. The molecule has 0 radical (unpaired) electrons. The number of para-hydroxylation sites is 1. The molecule has 0 N–H and O–H groups in total. The van der Waals surface area contributed by atoms with Crippen LogP contribution in [0.3, 0.4) is 0 Å². The Balaban J connectivity index is 1.83. The SMILES string of the molecule is CCO[C@@H]1CCCN(C(=O)c2cnn(-c3ccccc3F)c2C)C1. The highest BCUT2D eigenvalue weighted by Gasteiger charge is 2.27. The first-order valence-electron chi connectivity index (χ1n) is 8.32. The number of aromatic nitrogens is 2. The number of hydrogen-bond acceptors (Lipinski definition) is 3. The van der Waals surface area contributed by atoms with E-state index < -0.39 is 0 Å². The molecule has 1 aliphatic heterocycles. The molecule has 1 aromatic heterocycles. The van der Waals surface area contributed by atoms with Gasteiger partial charge in [-0.05, 0) is 38.8 Å². The molecule has 1 atom stereocenters. The van der Waals surface area contributed by atoms with Crippen molar-refractivity contribution in [2.75, 3.05) is 19.7 Å². The number of ether oxygens (including phenoxy) is 1. The van der Waals surface area contributed by atoms with Crippen LogP contribution >= 0.6 is 0 Å². The molecule has 128 valence electrons. The number of hydrogen-bond donors (Lipinski definition) is 0. The molecular weight excluding hydrogens is 309 g/mol. The van der Waals surface area contributed by atoms with Crippen LogP contribution in [-0.2, 0) is 4.74 Å². The van der Waals surface area contributed by atoms with Crippen molar-refractivity contribution in [3.05, 3.63) is 47.5 Å². The molecule has 5 nitrogen and oxygen atoms in total. The van der Waals surface area contributed by atoms with Crippen molar-refractivity contribution >= 4 is 5.91 Å². The number of carbonyl (C=O) groups excluding carboxylic acids is 1. The molecule has 0 spiro atoms. The third kappa shape index (κ3) is 3.19. The van der Waals surface area contributed by atoms with E-state index in [1.165, 1.54) is 16.9 Å². The zero-order valence-electron chi connectivity index (χ0n) is 14.0. The summed E-state index contributed by atoms with van der Waals surface area (Å²) in [6, 6.07) is 6.41. The highest BCUT2D eigenvalue weighted by atomic mass is 19.1. The predicted octanol–water partition coefficient (Wildman–Crippen LogP) is 2.96. The van der Waals surface area contributed by atoms with Gasteiger partial charge < -0.3 is 9.64 Å². The Hall–Kier alpha value is -2.21. The van der Waals surface area contributed by atoms with E-state index in [1.54, 1.807) is 30.0 Å². The molecule has 2 heterocycles. The predicted molar refractivity (Wildman–Crippen MR) is 88.8 cm³/mol. The summed E-state index contributed by atoms with van der Waals surface area (Å²) < 4.78 is 21.1. The molecule has 2 aromatic rings. The van der Waals surface area contributed by atoms with Gasteiger partial charge in [0.05, 0.1) is 23.6 Å². The Morgan fingerprint density at radius 2 is 2.21 bits per heavy atom. The van der Waals surface area contributed by atoms with Gasteiger partial charge in [-0.25, -0.2) is 9.07 Å². The van der Waals surface area contributed by atoms with E-state index in [0.29, 0.717) is 36.6 Å². The third-order valence-electron chi connectivity index (χ3n) is 4.39. The number of rotatable bonds is 4. The van der Waals surface area contributed by atoms with Crippen LogP contribution in [0.5, 0.6) is 0 Å². The van der Waals surface area contributed by atoms with Crippen LogP contribution in [0.2, 0.25) is 0 Å². The lowest BCUT2D eigenvalue weighted by atomic mass is 10.1. The van der Waals surface area contributed by atoms with E-state index in [2.05, 4.69) is 5.10 Å². The fraction of sp³-hybridized carbons (Fsp3) is 0.444. The van der Waals surface area contributed by atoms with Crippen LogP contribution in [0.1, 0.15) is 35.8 Å². The van der Waals surface area contributed by atoms with Gasteiger partial charge in [0.25, 0.3) is 5.91 Å². The molecule has 24 heavy (non-hydrogen) atoms. The molecule has 1 amide bonds. The van der Waals surface area contributed by atoms with Crippen LogP contribution in [0.15, 0.2) is 30.5 Å². The van der Waals surface area contributed by atoms with Crippen molar-refractivity contribution in [2.45, 2.75) is 32.8 Å². The monoisotopic (exact) mass is 331 g/mol. The summed E-state index contributed by atoms with van der Waals surface area (Å²) >= 11 is 0. The Kier molecular flexibility index (Phi) is 4.94. The van der Waals surface area contributed by atoms with Crippen LogP contribution in [0.4, 0.5) is 4.39 Å². The van der Waals surface area contributed by atoms with E-state index in [0.717, 1.165) is 12.8 Å². The summed E-state index contributed by atoms with van der Waals surface area (Å²) in [5, 5.41) is 4.22. The van der Waals surface area contributed by atoms with Gasteiger partial charge in [-0.1, -0.05) is 12.1 Å². The minimum atomic E-state index is -0.364. The second-order valence-electron chi connectivity index (χ2n) is 5.98. The van der Waals surface area contributed by atoms with Crippen LogP contribution in [0, 0.1) is 12.7 Å². The summed E-state index contributed by atoms with van der Waals surface area (Å²) in [6.45, 7) is 5.71. The quantitative estimate of drug-likeness (QED) is 0.865. The summed E-state index contributed by atoms with van der Waals surface area (Å²) in [6.07, 6.45) is 3.52. The molecular formula is C18H22FN3O2. The Morgan fingerprint density at radius 3 is 2.96 bits per heavy atom. The standard InChI is InChI=1S/C18H22FN3O2/c1-3-24-14-7-6-10-21(12-14)18(23)15-11-20-22(13(15)2)17-9-5-4-8-16(17)19/h4-5,8-9,11,14H,3,6-7,10,12H2,1-2H3/t14-/m1/s1. The average Bonchev–Trinajstić information content (AvgIpc) is 2.97. The zero-order chi connectivity index (χ0) is 17.1. The molecule has 0 bridgehead atoms. The highest BCUT2D eigenvalue weighted by molar-refractivity contribution is 5.95. The Bertz CT molecular complexity index is 727. The second-order valence-corrected chi connectivity index (χ2v) is 5.98. The third-order valence-corrected chi connectivity index (χ3v) is 4.39. The fourth-order valence-electron chi connectivity index (χ4n) is 3.15. The molecule has 1 aliphatic rings. The van der Waals surface area contributed by atoms with E-state index in [-0.39, 0.29) is 17.8 Å². The Morgan fingerprint density at radius 1 is 1.42 bits per heavy atom. The van der Waals surface area contributed by atoms with Gasteiger partial charge in [-0.15, -0.1) is 0 Å². The van der Waals surface area contributed by atoms with Crippen LogP contribution in [0.25, 0.3) is 5.69 Å². The number of carbonyl (C=O) groups is 1. The van der Waals surface area contributed by atoms with Crippen molar-refractivity contribution < 1.29 is 13.9 Å². The first-order chi connectivity index (χ1) is 11.6. The topological polar surface area (TPSA) is 47.4 Å². The van der Waals surface area contributed by atoms with E-state index in [9.17, 15) is 9.18 Å². The maximum atomic E-state index is 14.0. The average molecular weight is 331 g/mol. The molecule has 0 unspecified atom stereocenters. The maximum Gasteiger partial charge on any atom is 0.257 e. The summed E-state index contributed by atoms with van der Waals surface area (Å²) in [5.41, 5.74) is 1.50. The van der Waals surface area contributed by atoms with Crippen molar-refractivity contribution in [3.63, 3.8) is 0 Å². The smallest absolute Gasteiger partial charge is 0.257 e. The maximum absolute atomic E-state index is 14.0. The normalized spacial score (nSPS) is 18.0. The summed E-state index contributed by atoms with van der Waals surface area (Å²) in [7, 11) is 0. The number of amides is 1. The Labute approximate surface area is 141 Å². The minimum Gasteiger partial charge on any atom is -0.377 e. The molecule has 1 aromatic carbocycles. The van der Waals surface area contributed by atoms with Crippen molar-refractivity contribution in [1.29, 1.82) is 0 Å². The van der Waals surface area contributed by atoms with E-state index in [1.807, 2.05) is 6.92 Å². The van der Waals surface area contributed by atoms with Gasteiger partial charge in [0, 0.05) is 19.7 Å². The van der Waals surface area contributed by atoms with Crippen molar-refractivity contribution in [2.24, 2.45) is 0 Å². The molecule has 0 saturated carbocycles. The lowest BCUT2D eigenvalue weighted by Gasteiger charge is -2.32. The van der Waals surface area contributed by atoms with Gasteiger partial charge in [0.15, 0.2) is 0 Å². The van der Waals surface area contributed by atoms with Crippen molar-refractivity contribution in [1.82, 2.24) is 14.7 Å². The first-order valence-corrected chi connectivity index (χ1v) is 8.32. The number of halogens is 1. The van der Waals surface area contributed by atoms with E-state index >= 15 is 0 Å². The molecule has 1 fully saturated rings. The highest BCUT2D eigenvalue weighted by Crippen LogP contribution is 2.21. The number of benzene rings is 1. The lowest BCUT2D eigenvalue weighted by molar-refractivity contribution is 0.00721.